The van der Waals surface area contributed by atoms with Gasteiger partial charge in [-0.3, -0.25) is 4.90 Å². The number of nitrogens with zero attached hydrogens (tertiary/aromatic N) is 2. The van der Waals surface area contributed by atoms with E-state index in [9.17, 15) is 0 Å². The van der Waals surface area contributed by atoms with Crippen LogP contribution in [0.2, 0.25) is 0 Å². The Morgan fingerprint density at radius 1 is 0.882 bits per heavy atom. The lowest BCUT2D eigenvalue weighted by atomic mass is 10.2. The lowest BCUT2D eigenvalue weighted by Crippen LogP contribution is -2.21. The summed E-state index contributed by atoms with van der Waals surface area (Å²) in [4.78, 5) is 1.77. The quantitative estimate of drug-likeness (QED) is 0.634. The third-order valence-corrected chi connectivity index (χ3v) is 2.59. The molecule has 1 N–H and O–H groups in total. The summed E-state index contributed by atoms with van der Waals surface area (Å²) in [6.45, 7) is 0. The van der Waals surface area contributed by atoms with Crippen molar-refractivity contribution in [2.45, 2.75) is 0 Å². The molecule has 0 unspecified atom stereocenters. The van der Waals surface area contributed by atoms with Crippen molar-refractivity contribution in [3.8, 4) is 0 Å². The van der Waals surface area contributed by atoms with Gasteiger partial charge in [0, 0.05) is 11.4 Å². The fourth-order valence-electron chi connectivity index (χ4n) is 1.57. The van der Waals surface area contributed by atoms with E-state index in [0.717, 1.165) is 11.4 Å². The number of nitrogens with one attached hydrogen (secondary N) is 1. The van der Waals surface area contributed by atoms with Crippen LogP contribution in [0, 0.1) is 5.53 Å². The third kappa shape index (κ3) is 2.54. The zero-order chi connectivity index (χ0) is 12.1. The first kappa shape index (κ1) is 11.4. The van der Waals surface area contributed by atoms with Crippen LogP contribution < -0.4 is 4.90 Å². The molecule has 2 aromatic carbocycles. The Kier molecular flexibility index (Phi) is 3.57. The van der Waals surface area contributed by atoms with Crippen molar-refractivity contribution in [2.75, 3.05) is 4.90 Å². The Bertz CT molecular complexity index is 471. The normalized spacial score (nSPS) is 9.65. The highest BCUT2D eigenvalue weighted by Gasteiger charge is 2.12. The number of rotatable bonds is 2. The Hall–Kier alpha value is -2.07. The second kappa shape index (κ2) is 5.32. The molecule has 3 nitrogen and oxygen atoms in total. The summed E-state index contributed by atoms with van der Waals surface area (Å²) in [5.74, 6) is 0. The topological polar surface area (TPSA) is 39.5 Å². The van der Waals surface area contributed by atoms with Gasteiger partial charge in [-0.2, -0.15) is 0 Å². The Morgan fingerprint density at radius 2 is 1.29 bits per heavy atom. The molecule has 0 saturated heterocycles. The van der Waals surface area contributed by atoms with E-state index >= 15 is 0 Å². The lowest BCUT2D eigenvalue weighted by molar-refractivity contribution is 1.16. The van der Waals surface area contributed by atoms with Gasteiger partial charge >= 0.3 is 0 Å². The number of benzene rings is 2. The van der Waals surface area contributed by atoms with Crippen molar-refractivity contribution >= 4 is 28.7 Å². The zero-order valence-electron chi connectivity index (χ0n) is 9.08. The Balaban J connectivity index is 2.47. The number of para-hydroxylation sites is 2. The molecule has 0 amide bonds. The minimum atomic E-state index is 0.224. The van der Waals surface area contributed by atoms with Crippen molar-refractivity contribution in [3.05, 3.63) is 60.7 Å². The molecule has 0 atom stereocenters. The van der Waals surface area contributed by atoms with Crippen molar-refractivity contribution in [3.63, 3.8) is 0 Å². The van der Waals surface area contributed by atoms with Gasteiger partial charge in [0.15, 0.2) is 0 Å². The molecular weight excluding hydrogens is 230 g/mol. The molecule has 0 heterocycles. The fourth-order valence-corrected chi connectivity index (χ4v) is 1.78. The van der Waals surface area contributed by atoms with Crippen LogP contribution in [0.1, 0.15) is 0 Å². The maximum absolute atomic E-state index is 7.08. The first-order valence-corrected chi connectivity index (χ1v) is 5.55. The molecule has 0 spiro atoms. The predicted octanol–water partition coefficient (Wildman–Crippen LogP) is 4.14. The van der Waals surface area contributed by atoms with Gasteiger partial charge in [-0.15, -0.1) is 5.11 Å². The molecule has 17 heavy (non-hydrogen) atoms. The van der Waals surface area contributed by atoms with Crippen LogP contribution in [-0.2, 0) is 0 Å². The Labute approximate surface area is 105 Å². The van der Waals surface area contributed by atoms with Crippen LogP contribution in [0.15, 0.2) is 65.8 Å². The number of hydrogen-bond acceptors (Lipinski definition) is 2. The summed E-state index contributed by atoms with van der Waals surface area (Å²) in [5.41, 5.74) is 8.88. The van der Waals surface area contributed by atoms with Crippen LogP contribution in [0.25, 0.3) is 0 Å². The molecule has 0 aliphatic rings. The third-order valence-electron chi connectivity index (χ3n) is 2.32. The molecule has 0 aromatic heterocycles. The van der Waals surface area contributed by atoms with Gasteiger partial charge in [0.2, 0.25) is 5.11 Å². The fraction of sp³-hybridized carbons (Fsp3) is 0. The molecule has 2 aromatic rings. The summed E-state index contributed by atoms with van der Waals surface area (Å²) in [6, 6.07) is 19.3. The predicted molar refractivity (Wildman–Crippen MR) is 72.8 cm³/mol. The average molecular weight is 241 g/mol. The summed E-state index contributed by atoms with van der Waals surface area (Å²) < 4.78 is 0. The maximum Gasteiger partial charge on any atom is 0.224 e. The molecule has 0 aliphatic heterocycles. The van der Waals surface area contributed by atoms with Crippen LogP contribution in [0.3, 0.4) is 0 Å². The minimum Gasteiger partial charge on any atom is -0.284 e. The van der Waals surface area contributed by atoms with Gasteiger partial charge in [-0.05, 0) is 36.5 Å². The second-order valence-corrected chi connectivity index (χ2v) is 3.77. The van der Waals surface area contributed by atoms with Crippen molar-refractivity contribution in [2.24, 2.45) is 5.11 Å². The van der Waals surface area contributed by atoms with Gasteiger partial charge in [0.05, 0.1) is 0 Å². The van der Waals surface area contributed by atoms with Crippen molar-refractivity contribution < 1.29 is 0 Å². The van der Waals surface area contributed by atoms with E-state index in [1.54, 1.807) is 4.90 Å². The van der Waals surface area contributed by atoms with E-state index in [2.05, 4.69) is 5.11 Å². The second-order valence-electron chi connectivity index (χ2n) is 3.40. The van der Waals surface area contributed by atoms with Crippen molar-refractivity contribution in [1.29, 1.82) is 5.53 Å². The summed E-state index contributed by atoms with van der Waals surface area (Å²) >= 11 is 5.11. The first-order chi connectivity index (χ1) is 8.33. The molecule has 4 heteroatoms. The van der Waals surface area contributed by atoms with Crippen molar-refractivity contribution in [1.82, 2.24) is 0 Å². The standard InChI is InChI=1S/C13H11N3S/c14-15-13(17)16(11-7-3-1-4-8-11)12-9-5-2-6-10-12/h1-10,14H. The van der Waals surface area contributed by atoms with Gasteiger partial charge in [-0.25, -0.2) is 5.53 Å². The SMILES string of the molecule is N=NC(=S)N(c1ccccc1)c1ccccc1. The van der Waals surface area contributed by atoms with Gasteiger partial charge < -0.3 is 0 Å². The molecule has 0 fully saturated rings. The average Bonchev–Trinajstić information content (AvgIpc) is 2.41. The monoisotopic (exact) mass is 241 g/mol. The number of thiocarbonyl (C=S) groups is 1. The number of anilines is 2. The molecule has 0 aliphatic carbocycles. The first-order valence-electron chi connectivity index (χ1n) is 5.14. The number of hydrogen-bond donors (Lipinski definition) is 1. The summed E-state index contributed by atoms with van der Waals surface area (Å²) in [5, 5.41) is 3.57. The van der Waals surface area contributed by atoms with E-state index < -0.39 is 0 Å². The van der Waals surface area contributed by atoms with Gasteiger partial charge in [0.25, 0.3) is 0 Å². The highest BCUT2D eigenvalue weighted by atomic mass is 32.1. The highest BCUT2D eigenvalue weighted by Crippen LogP contribution is 2.25. The Morgan fingerprint density at radius 3 is 1.65 bits per heavy atom. The van der Waals surface area contributed by atoms with E-state index in [0.29, 0.717) is 0 Å². The summed E-state index contributed by atoms with van der Waals surface area (Å²) in [7, 11) is 0. The summed E-state index contributed by atoms with van der Waals surface area (Å²) in [6.07, 6.45) is 0. The molecular formula is C13H11N3S. The molecule has 84 valence electrons. The minimum absolute atomic E-state index is 0.224. The molecule has 0 bridgehead atoms. The zero-order valence-corrected chi connectivity index (χ0v) is 9.89. The molecule has 0 radical (unpaired) electrons. The van der Waals surface area contributed by atoms with Crippen LogP contribution in [0.5, 0.6) is 0 Å². The molecule has 0 saturated carbocycles. The van der Waals surface area contributed by atoms with E-state index in [1.165, 1.54) is 0 Å². The van der Waals surface area contributed by atoms with Crippen LogP contribution in [-0.4, -0.2) is 5.11 Å². The maximum atomic E-state index is 7.08. The molecule has 2 rings (SSSR count). The highest BCUT2D eigenvalue weighted by molar-refractivity contribution is 7.80. The lowest BCUT2D eigenvalue weighted by Gasteiger charge is -2.22. The van der Waals surface area contributed by atoms with Crippen LogP contribution >= 0.6 is 12.2 Å². The van der Waals surface area contributed by atoms with Gasteiger partial charge in [0.1, 0.15) is 0 Å². The van der Waals surface area contributed by atoms with E-state index in [1.807, 2.05) is 60.7 Å². The van der Waals surface area contributed by atoms with E-state index in [4.69, 9.17) is 17.7 Å². The van der Waals surface area contributed by atoms with Crippen LogP contribution in [0.4, 0.5) is 11.4 Å². The van der Waals surface area contributed by atoms with E-state index in [-0.39, 0.29) is 5.11 Å². The smallest absolute Gasteiger partial charge is 0.224 e. The van der Waals surface area contributed by atoms with Gasteiger partial charge in [-0.1, -0.05) is 36.4 Å². The largest absolute Gasteiger partial charge is 0.284 e.